The number of carbonyl (C=O) groups excluding carboxylic acids is 1. The molecule has 4 nitrogen and oxygen atoms in total. The van der Waals surface area contributed by atoms with Crippen molar-refractivity contribution in [2.24, 2.45) is 0 Å². The predicted octanol–water partition coefficient (Wildman–Crippen LogP) is 3.78. The number of amides is 1. The first-order valence-electron chi connectivity index (χ1n) is 6.08. The molecule has 0 spiro atoms. The molecule has 1 aromatic rings. The van der Waals surface area contributed by atoms with E-state index in [1.807, 2.05) is 0 Å². The number of aromatic nitrogens is 2. The van der Waals surface area contributed by atoms with Gasteiger partial charge in [-0.3, -0.25) is 10.1 Å². The van der Waals surface area contributed by atoms with E-state index in [2.05, 4.69) is 21.6 Å². The number of hydrogen-bond acceptors (Lipinski definition) is 5. The molecule has 0 aromatic carbocycles. The van der Waals surface area contributed by atoms with E-state index < -0.39 is 0 Å². The van der Waals surface area contributed by atoms with Gasteiger partial charge < -0.3 is 0 Å². The van der Waals surface area contributed by atoms with Crippen LogP contribution in [0.1, 0.15) is 39.0 Å². The summed E-state index contributed by atoms with van der Waals surface area (Å²) in [5.41, 5.74) is 0. The van der Waals surface area contributed by atoms with Crippen LogP contribution in [0.15, 0.2) is 5.16 Å². The maximum Gasteiger partial charge on any atom is 0.241 e. The topological polar surface area (TPSA) is 54.9 Å². The molecule has 18 heavy (non-hydrogen) atoms. The molecule has 102 valence electrons. The molecule has 0 saturated heterocycles. The summed E-state index contributed by atoms with van der Waals surface area (Å²) >= 11 is 8.22. The quantitative estimate of drug-likeness (QED) is 0.428. The van der Waals surface area contributed by atoms with Crippen LogP contribution >= 0.6 is 34.9 Å². The lowest BCUT2D eigenvalue weighted by Crippen LogP contribution is -2.12. The van der Waals surface area contributed by atoms with E-state index in [9.17, 15) is 4.79 Å². The van der Waals surface area contributed by atoms with Crippen molar-refractivity contribution in [3.63, 3.8) is 0 Å². The van der Waals surface area contributed by atoms with Gasteiger partial charge in [-0.15, -0.1) is 11.6 Å². The summed E-state index contributed by atoms with van der Waals surface area (Å²) in [6.07, 6.45) is 6.34. The van der Waals surface area contributed by atoms with Crippen LogP contribution < -0.4 is 5.32 Å². The number of hydrogen-bond donors (Lipinski definition) is 1. The molecular formula is C11H18ClN3OS2. The van der Waals surface area contributed by atoms with Gasteiger partial charge in [0.1, 0.15) is 5.88 Å². The van der Waals surface area contributed by atoms with Crippen LogP contribution in [0.4, 0.5) is 5.13 Å². The first-order chi connectivity index (χ1) is 8.76. The number of nitrogens with zero attached hydrogens (tertiary/aromatic N) is 2. The zero-order chi connectivity index (χ0) is 13.2. The van der Waals surface area contributed by atoms with Gasteiger partial charge in [0.15, 0.2) is 0 Å². The third kappa shape index (κ3) is 6.56. The highest BCUT2D eigenvalue weighted by Crippen LogP contribution is 2.21. The fraction of sp³-hybridized carbons (Fsp3) is 0.727. The molecule has 1 heterocycles. The van der Waals surface area contributed by atoms with E-state index in [4.69, 9.17) is 11.6 Å². The molecule has 1 N–H and O–H groups in total. The van der Waals surface area contributed by atoms with Crippen LogP contribution in [0, 0.1) is 0 Å². The molecule has 0 aliphatic rings. The van der Waals surface area contributed by atoms with Crippen LogP contribution in [-0.4, -0.2) is 26.9 Å². The lowest BCUT2D eigenvalue weighted by atomic mass is 10.2. The fourth-order valence-corrected chi connectivity index (χ4v) is 2.97. The van der Waals surface area contributed by atoms with E-state index in [1.54, 1.807) is 11.8 Å². The van der Waals surface area contributed by atoms with E-state index in [-0.39, 0.29) is 11.8 Å². The van der Waals surface area contributed by atoms with E-state index in [0.29, 0.717) is 5.13 Å². The lowest BCUT2D eigenvalue weighted by molar-refractivity contribution is -0.113. The van der Waals surface area contributed by atoms with Gasteiger partial charge >= 0.3 is 0 Å². The number of nitrogens with one attached hydrogen (secondary N) is 1. The number of unbranched alkanes of at least 4 members (excludes halogenated alkanes) is 4. The second-order valence-electron chi connectivity index (χ2n) is 3.83. The van der Waals surface area contributed by atoms with Crippen molar-refractivity contribution >= 4 is 45.9 Å². The zero-order valence-corrected chi connectivity index (χ0v) is 12.8. The Labute approximate surface area is 121 Å². The van der Waals surface area contributed by atoms with Crippen LogP contribution in [0.3, 0.4) is 0 Å². The van der Waals surface area contributed by atoms with Crippen molar-refractivity contribution in [1.82, 2.24) is 9.36 Å². The summed E-state index contributed by atoms with van der Waals surface area (Å²) < 4.78 is 4.17. The van der Waals surface area contributed by atoms with Crippen molar-refractivity contribution in [2.45, 2.75) is 44.2 Å². The van der Waals surface area contributed by atoms with Crippen molar-refractivity contribution in [3.05, 3.63) is 0 Å². The molecule has 1 amide bonds. The van der Waals surface area contributed by atoms with Crippen LogP contribution in [0.5, 0.6) is 0 Å². The molecule has 1 rings (SSSR count). The third-order valence-electron chi connectivity index (χ3n) is 2.25. The predicted molar refractivity (Wildman–Crippen MR) is 78.7 cm³/mol. The maximum absolute atomic E-state index is 11.0. The van der Waals surface area contributed by atoms with Crippen molar-refractivity contribution in [1.29, 1.82) is 0 Å². The Morgan fingerprint density at radius 3 is 2.89 bits per heavy atom. The Bertz CT molecular complexity index is 360. The third-order valence-corrected chi connectivity index (χ3v) is 4.18. The van der Waals surface area contributed by atoms with Gasteiger partial charge in [-0.25, -0.2) is 0 Å². The highest BCUT2D eigenvalue weighted by atomic mass is 35.5. The largest absolute Gasteiger partial charge is 0.300 e. The molecule has 0 unspecified atom stereocenters. The van der Waals surface area contributed by atoms with Gasteiger partial charge in [-0.05, 0) is 6.42 Å². The number of carbonyl (C=O) groups is 1. The minimum absolute atomic E-state index is 0.0561. The second kappa shape index (κ2) is 9.58. The second-order valence-corrected chi connectivity index (χ2v) is 5.91. The number of halogens is 1. The van der Waals surface area contributed by atoms with Gasteiger partial charge in [-0.1, -0.05) is 44.4 Å². The van der Waals surface area contributed by atoms with Gasteiger partial charge in [-0.2, -0.15) is 9.36 Å². The average molecular weight is 308 g/mol. The number of rotatable bonds is 9. The highest BCUT2D eigenvalue weighted by Gasteiger charge is 2.07. The van der Waals surface area contributed by atoms with E-state index >= 15 is 0 Å². The lowest BCUT2D eigenvalue weighted by Gasteiger charge is -1.98. The van der Waals surface area contributed by atoms with Crippen molar-refractivity contribution in [2.75, 3.05) is 16.9 Å². The van der Waals surface area contributed by atoms with Crippen LogP contribution in [0.2, 0.25) is 0 Å². The molecule has 0 aliphatic carbocycles. The highest BCUT2D eigenvalue weighted by molar-refractivity contribution is 7.99. The summed E-state index contributed by atoms with van der Waals surface area (Å²) in [5, 5.41) is 3.85. The van der Waals surface area contributed by atoms with Crippen LogP contribution in [-0.2, 0) is 4.79 Å². The molecule has 7 heteroatoms. The fourth-order valence-electron chi connectivity index (χ4n) is 1.34. The average Bonchev–Trinajstić information content (AvgIpc) is 2.81. The number of alkyl halides is 1. The van der Waals surface area contributed by atoms with Gasteiger partial charge in [0.2, 0.25) is 16.2 Å². The Hall–Kier alpha value is -0.330. The minimum atomic E-state index is -0.246. The van der Waals surface area contributed by atoms with Gasteiger partial charge in [0, 0.05) is 17.3 Å². The molecule has 0 bridgehead atoms. The summed E-state index contributed by atoms with van der Waals surface area (Å²) in [7, 11) is 0. The molecule has 0 fully saturated rings. The smallest absolute Gasteiger partial charge is 0.241 e. The molecular weight excluding hydrogens is 290 g/mol. The SMILES string of the molecule is CCCCCCCSc1nsc(NC(=O)CCl)n1. The van der Waals surface area contributed by atoms with E-state index in [0.717, 1.165) is 10.9 Å². The van der Waals surface area contributed by atoms with Gasteiger partial charge in [0.25, 0.3) is 0 Å². The number of thioether (sulfide) groups is 1. The summed E-state index contributed by atoms with van der Waals surface area (Å²) in [6.45, 7) is 2.21. The summed E-state index contributed by atoms with van der Waals surface area (Å²) in [4.78, 5) is 15.3. The normalized spacial score (nSPS) is 10.6. The number of anilines is 1. The molecule has 0 aliphatic heterocycles. The Morgan fingerprint density at radius 2 is 2.17 bits per heavy atom. The summed E-state index contributed by atoms with van der Waals surface area (Å²) in [5.74, 6) is 0.729. The zero-order valence-electron chi connectivity index (χ0n) is 10.4. The molecule has 0 saturated carbocycles. The maximum atomic E-state index is 11.0. The standard InChI is InChI=1S/C11H18ClN3OS2/c1-2-3-4-5-6-7-17-11-14-10(18-15-11)13-9(16)8-12/h2-8H2,1H3,(H,13,14,15,16). The first kappa shape index (κ1) is 15.7. The Kier molecular flexibility index (Phi) is 8.37. The van der Waals surface area contributed by atoms with Crippen LogP contribution in [0.25, 0.3) is 0 Å². The Morgan fingerprint density at radius 1 is 1.39 bits per heavy atom. The molecule has 0 radical (unpaired) electrons. The minimum Gasteiger partial charge on any atom is -0.300 e. The molecule has 0 atom stereocenters. The first-order valence-corrected chi connectivity index (χ1v) is 8.38. The van der Waals surface area contributed by atoms with E-state index in [1.165, 1.54) is 43.6 Å². The van der Waals surface area contributed by atoms with Gasteiger partial charge in [0.05, 0.1) is 0 Å². The Balaban J connectivity index is 2.17. The van der Waals surface area contributed by atoms with Crippen molar-refractivity contribution < 1.29 is 4.79 Å². The monoisotopic (exact) mass is 307 g/mol. The summed E-state index contributed by atoms with van der Waals surface area (Å²) in [6, 6.07) is 0. The van der Waals surface area contributed by atoms with Crippen molar-refractivity contribution in [3.8, 4) is 0 Å². The molecule has 1 aromatic heterocycles.